The molecule has 0 aromatic carbocycles. The van der Waals surface area contributed by atoms with E-state index in [4.69, 9.17) is 23.2 Å². The Morgan fingerprint density at radius 3 is 2.86 bits per heavy atom. The van der Waals surface area contributed by atoms with Crippen LogP contribution >= 0.6 is 23.2 Å². The zero-order valence-electron chi connectivity index (χ0n) is 8.00. The van der Waals surface area contributed by atoms with Crippen LogP contribution < -0.4 is 4.90 Å². The Hall–Kier alpha value is -0.470. The van der Waals surface area contributed by atoms with Crippen LogP contribution in [0.2, 0.25) is 10.0 Å². The highest BCUT2D eigenvalue weighted by atomic mass is 35.5. The lowest BCUT2D eigenvalue weighted by Gasteiger charge is -2.23. The van der Waals surface area contributed by atoms with E-state index in [0.717, 1.165) is 12.4 Å². The molecule has 0 amide bonds. The summed E-state index contributed by atoms with van der Waals surface area (Å²) in [6.07, 6.45) is 4.07. The average molecular weight is 231 g/mol. The van der Waals surface area contributed by atoms with Crippen molar-refractivity contribution in [2.24, 2.45) is 0 Å². The molecule has 1 atom stereocenters. The zero-order valence-corrected chi connectivity index (χ0v) is 9.52. The van der Waals surface area contributed by atoms with Gasteiger partial charge in [-0.05, 0) is 25.8 Å². The maximum absolute atomic E-state index is 6.09. The second-order valence-corrected chi connectivity index (χ2v) is 4.49. The van der Waals surface area contributed by atoms with E-state index in [-0.39, 0.29) is 0 Å². The normalized spacial score (nSPS) is 21.6. The minimum atomic E-state index is 0.529. The number of pyridine rings is 1. The second kappa shape index (κ2) is 3.95. The highest BCUT2D eigenvalue weighted by molar-refractivity contribution is 6.36. The highest BCUT2D eigenvalue weighted by Gasteiger charge is 2.23. The van der Waals surface area contributed by atoms with Gasteiger partial charge in [-0.1, -0.05) is 23.2 Å². The summed E-state index contributed by atoms with van der Waals surface area (Å²) in [4.78, 5) is 6.51. The number of rotatable bonds is 1. The molecule has 4 heteroatoms. The van der Waals surface area contributed by atoms with Gasteiger partial charge in [0.15, 0.2) is 0 Å². The van der Waals surface area contributed by atoms with E-state index in [1.54, 1.807) is 12.3 Å². The molecule has 1 fully saturated rings. The van der Waals surface area contributed by atoms with E-state index < -0.39 is 0 Å². The van der Waals surface area contributed by atoms with Gasteiger partial charge in [-0.25, -0.2) is 4.98 Å². The molecular formula is C10H12Cl2N2. The molecule has 0 N–H and O–H groups in total. The Morgan fingerprint density at radius 2 is 2.29 bits per heavy atom. The van der Waals surface area contributed by atoms with Crippen molar-refractivity contribution in [3.63, 3.8) is 0 Å². The average Bonchev–Trinajstić information content (AvgIpc) is 2.52. The van der Waals surface area contributed by atoms with Crippen LogP contribution in [0.4, 0.5) is 5.82 Å². The number of aromatic nitrogens is 1. The molecule has 76 valence electrons. The minimum Gasteiger partial charge on any atom is -0.353 e. The van der Waals surface area contributed by atoms with Crippen molar-refractivity contribution in [2.75, 3.05) is 11.4 Å². The fourth-order valence-corrected chi connectivity index (χ4v) is 2.36. The zero-order chi connectivity index (χ0) is 10.1. The van der Waals surface area contributed by atoms with Crippen LogP contribution in [0.25, 0.3) is 0 Å². The van der Waals surface area contributed by atoms with E-state index in [9.17, 15) is 0 Å². The second-order valence-electron chi connectivity index (χ2n) is 3.64. The predicted molar refractivity (Wildman–Crippen MR) is 60.3 cm³/mol. The van der Waals surface area contributed by atoms with E-state index in [1.807, 2.05) is 0 Å². The first-order chi connectivity index (χ1) is 6.68. The van der Waals surface area contributed by atoms with Crippen LogP contribution in [0.15, 0.2) is 12.3 Å². The highest BCUT2D eigenvalue weighted by Crippen LogP contribution is 2.31. The molecule has 0 radical (unpaired) electrons. The maximum atomic E-state index is 6.09. The number of hydrogen-bond donors (Lipinski definition) is 0. The number of halogens is 2. The standard InChI is InChI=1S/C10H12Cl2N2/c1-7-3-2-4-14(7)10-9(12)5-8(11)6-13-10/h5-7H,2-4H2,1H3. The van der Waals surface area contributed by atoms with Crippen LogP contribution in [-0.2, 0) is 0 Å². The summed E-state index contributed by atoms with van der Waals surface area (Å²) in [5.41, 5.74) is 0. The van der Waals surface area contributed by atoms with E-state index >= 15 is 0 Å². The van der Waals surface area contributed by atoms with Gasteiger partial charge in [-0.3, -0.25) is 0 Å². The van der Waals surface area contributed by atoms with Gasteiger partial charge >= 0.3 is 0 Å². The van der Waals surface area contributed by atoms with Crippen molar-refractivity contribution in [1.82, 2.24) is 4.98 Å². The molecule has 2 heterocycles. The van der Waals surface area contributed by atoms with Gasteiger partial charge in [0.05, 0.1) is 10.0 Å². The molecule has 0 spiro atoms. The Morgan fingerprint density at radius 1 is 1.50 bits per heavy atom. The molecule has 0 saturated carbocycles. The molecular weight excluding hydrogens is 219 g/mol. The lowest BCUT2D eigenvalue weighted by Crippen LogP contribution is -2.27. The summed E-state index contributed by atoms with van der Waals surface area (Å²) in [5, 5.41) is 1.23. The molecule has 1 aromatic heterocycles. The third-order valence-corrected chi connectivity index (χ3v) is 3.10. The van der Waals surface area contributed by atoms with Gasteiger partial charge in [0, 0.05) is 18.8 Å². The Kier molecular flexibility index (Phi) is 2.84. The van der Waals surface area contributed by atoms with Crippen molar-refractivity contribution in [3.05, 3.63) is 22.3 Å². The van der Waals surface area contributed by atoms with Gasteiger partial charge in [-0.2, -0.15) is 0 Å². The molecule has 1 aromatic rings. The molecule has 14 heavy (non-hydrogen) atoms. The molecule has 2 rings (SSSR count). The van der Waals surface area contributed by atoms with Gasteiger partial charge < -0.3 is 4.90 Å². The monoisotopic (exact) mass is 230 g/mol. The first-order valence-electron chi connectivity index (χ1n) is 4.76. The smallest absolute Gasteiger partial charge is 0.147 e. The molecule has 1 aliphatic rings. The van der Waals surface area contributed by atoms with Crippen molar-refractivity contribution in [2.45, 2.75) is 25.8 Å². The van der Waals surface area contributed by atoms with E-state index in [1.165, 1.54) is 12.8 Å². The van der Waals surface area contributed by atoms with Gasteiger partial charge in [-0.15, -0.1) is 0 Å². The lowest BCUT2D eigenvalue weighted by molar-refractivity contribution is 0.727. The van der Waals surface area contributed by atoms with Crippen LogP contribution in [-0.4, -0.2) is 17.6 Å². The Labute approximate surface area is 93.8 Å². The van der Waals surface area contributed by atoms with Crippen molar-refractivity contribution >= 4 is 29.0 Å². The van der Waals surface area contributed by atoms with Crippen LogP contribution in [0.3, 0.4) is 0 Å². The molecule has 1 saturated heterocycles. The maximum Gasteiger partial charge on any atom is 0.147 e. The largest absolute Gasteiger partial charge is 0.353 e. The summed E-state index contributed by atoms with van der Waals surface area (Å²) in [5.74, 6) is 0.862. The Bertz CT molecular complexity index is 341. The summed E-state index contributed by atoms with van der Waals surface area (Å²) in [6.45, 7) is 3.23. The van der Waals surface area contributed by atoms with Crippen LogP contribution in [0.1, 0.15) is 19.8 Å². The fraction of sp³-hybridized carbons (Fsp3) is 0.500. The van der Waals surface area contributed by atoms with E-state index in [0.29, 0.717) is 16.1 Å². The van der Waals surface area contributed by atoms with Gasteiger partial charge in [0.2, 0.25) is 0 Å². The summed E-state index contributed by atoms with van der Waals surface area (Å²) < 4.78 is 0. The summed E-state index contributed by atoms with van der Waals surface area (Å²) in [6, 6.07) is 2.28. The van der Waals surface area contributed by atoms with Crippen molar-refractivity contribution < 1.29 is 0 Å². The van der Waals surface area contributed by atoms with Gasteiger partial charge in [0.25, 0.3) is 0 Å². The SMILES string of the molecule is CC1CCCN1c1ncc(Cl)cc1Cl. The van der Waals surface area contributed by atoms with Crippen LogP contribution in [0, 0.1) is 0 Å². The number of nitrogens with zero attached hydrogens (tertiary/aromatic N) is 2. The van der Waals surface area contributed by atoms with Crippen molar-refractivity contribution in [3.8, 4) is 0 Å². The lowest BCUT2D eigenvalue weighted by atomic mass is 10.2. The third kappa shape index (κ3) is 1.82. The molecule has 0 aliphatic carbocycles. The minimum absolute atomic E-state index is 0.529. The van der Waals surface area contributed by atoms with Crippen LogP contribution in [0.5, 0.6) is 0 Å². The quantitative estimate of drug-likeness (QED) is 0.736. The predicted octanol–water partition coefficient (Wildman–Crippen LogP) is 3.38. The third-order valence-electron chi connectivity index (χ3n) is 2.61. The topological polar surface area (TPSA) is 16.1 Å². The fourth-order valence-electron chi connectivity index (χ4n) is 1.87. The van der Waals surface area contributed by atoms with Gasteiger partial charge in [0.1, 0.15) is 5.82 Å². The molecule has 2 nitrogen and oxygen atoms in total. The first kappa shape index (κ1) is 10.1. The van der Waals surface area contributed by atoms with Crippen molar-refractivity contribution in [1.29, 1.82) is 0 Å². The summed E-state index contributed by atoms with van der Waals surface area (Å²) in [7, 11) is 0. The number of hydrogen-bond acceptors (Lipinski definition) is 2. The molecule has 1 unspecified atom stereocenters. The first-order valence-corrected chi connectivity index (χ1v) is 5.52. The summed E-state index contributed by atoms with van der Waals surface area (Å²) >= 11 is 11.9. The molecule has 1 aliphatic heterocycles. The molecule has 0 bridgehead atoms. The number of anilines is 1. The Balaban J connectivity index is 2.31. The van der Waals surface area contributed by atoms with E-state index in [2.05, 4.69) is 16.8 Å².